The Hall–Kier alpha value is -2.93. The summed E-state index contributed by atoms with van der Waals surface area (Å²) in [4.78, 5) is 23.1. The number of amides is 1. The van der Waals surface area contributed by atoms with Crippen molar-refractivity contribution in [2.24, 2.45) is 0 Å². The topological polar surface area (TPSA) is 85.3 Å². The normalized spacial score (nSPS) is 22.3. The fraction of sp³-hybridized carbons (Fsp3) is 0.435. The van der Waals surface area contributed by atoms with Crippen LogP contribution in [0.3, 0.4) is 0 Å². The molecule has 156 valence electrons. The Kier molecular flexibility index (Phi) is 4.70. The second-order valence-electron chi connectivity index (χ2n) is 8.59. The van der Waals surface area contributed by atoms with E-state index in [0.717, 1.165) is 42.7 Å². The molecule has 2 aliphatic heterocycles. The van der Waals surface area contributed by atoms with Crippen molar-refractivity contribution in [2.75, 3.05) is 19.6 Å². The van der Waals surface area contributed by atoms with Gasteiger partial charge in [0.2, 0.25) is 0 Å². The van der Waals surface area contributed by atoms with Crippen molar-refractivity contribution < 1.29 is 9.90 Å². The van der Waals surface area contributed by atoms with Crippen LogP contribution >= 0.6 is 0 Å². The fourth-order valence-electron chi connectivity index (χ4n) is 4.92. The number of hydrogen-bond donors (Lipinski definition) is 2. The molecule has 5 rings (SSSR count). The van der Waals surface area contributed by atoms with Crippen molar-refractivity contribution in [1.82, 2.24) is 25.0 Å². The molecule has 2 unspecified atom stereocenters. The fourth-order valence-corrected chi connectivity index (χ4v) is 4.92. The third-order valence-corrected chi connectivity index (χ3v) is 6.55. The van der Waals surface area contributed by atoms with E-state index in [-0.39, 0.29) is 17.7 Å². The first-order valence-electron chi connectivity index (χ1n) is 10.7. The van der Waals surface area contributed by atoms with Crippen molar-refractivity contribution in [3.8, 4) is 17.0 Å². The summed E-state index contributed by atoms with van der Waals surface area (Å²) in [5.41, 5.74) is 3.58. The van der Waals surface area contributed by atoms with Crippen molar-refractivity contribution in [1.29, 1.82) is 0 Å². The molecule has 2 N–H and O–H groups in total. The van der Waals surface area contributed by atoms with E-state index >= 15 is 0 Å². The lowest BCUT2D eigenvalue weighted by Crippen LogP contribution is -2.60. The second kappa shape index (κ2) is 7.40. The van der Waals surface area contributed by atoms with E-state index in [0.29, 0.717) is 22.9 Å². The van der Waals surface area contributed by atoms with Gasteiger partial charge in [0, 0.05) is 30.7 Å². The number of phenolic OH excluding ortho intramolecular Hbond substituents is 1. The van der Waals surface area contributed by atoms with Crippen LogP contribution < -0.4 is 0 Å². The molecule has 0 aliphatic carbocycles. The summed E-state index contributed by atoms with van der Waals surface area (Å²) >= 11 is 0. The molecule has 7 heteroatoms. The van der Waals surface area contributed by atoms with Crippen LogP contribution in [-0.2, 0) is 0 Å². The van der Waals surface area contributed by atoms with Crippen LogP contribution in [0.5, 0.6) is 5.75 Å². The number of aromatic amines is 1. The molecule has 30 heavy (non-hydrogen) atoms. The van der Waals surface area contributed by atoms with Crippen LogP contribution in [0.15, 0.2) is 30.3 Å². The number of H-pyrrole nitrogens is 1. The summed E-state index contributed by atoms with van der Waals surface area (Å²) in [5.74, 6) is 0.248. The summed E-state index contributed by atoms with van der Waals surface area (Å²) in [6, 6.07) is 9.38. The molecule has 3 aromatic rings. The maximum Gasteiger partial charge on any atom is 0.255 e. The molecule has 2 atom stereocenters. The van der Waals surface area contributed by atoms with Gasteiger partial charge in [0.25, 0.3) is 5.91 Å². The Morgan fingerprint density at radius 2 is 2.00 bits per heavy atom. The highest BCUT2D eigenvalue weighted by Crippen LogP contribution is 2.30. The number of phenols is 1. The highest BCUT2D eigenvalue weighted by atomic mass is 16.3. The van der Waals surface area contributed by atoms with Crippen LogP contribution in [0.1, 0.15) is 42.2 Å². The minimum Gasteiger partial charge on any atom is -0.508 e. The number of carbonyl (C=O) groups excluding carboxylic acids is 1. The number of piperazine rings is 1. The molecule has 0 saturated carbocycles. The molecule has 7 nitrogen and oxygen atoms in total. The monoisotopic (exact) mass is 405 g/mol. The van der Waals surface area contributed by atoms with Gasteiger partial charge < -0.3 is 10.0 Å². The molecular weight excluding hydrogens is 378 g/mol. The molecule has 0 spiro atoms. The Morgan fingerprint density at radius 1 is 1.20 bits per heavy atom. The van der Waals surface area contributed by atoms with Gasteiger partial charge >= 0.3 is 0 Å². The maximum atomic E-state index is 13.8. The number of fused-ring (bicyclic) bond motifs is 2. The number of carbonyl (C=O) groups is 1. The molecule has 1 aromatic carbocycles. The first kappa shape index (κ1) is 19.1. The van der Waals surface area contributed by atoms with Crippen molar-refractivity contribution in [2.45, 2.75) is 45.2 Å². The van der Waals surface area contributed by atoms with Crippen molar-refractivity contribution in [3.63, 3.8) is 0 Å². The van der Waals surface area contributed by atoms with E-state index in [1.807, 2.05) is 30.0 Å². The summed E-state index contributed by atoms with van der Waals surface area (Å²) in [6.07, 6.45) is 3.65. The molecule has 2 saturated heterocycles. The molecular formula is C23H27N5O2. The first-order valence-corrected chi connectivity index (χ1v) is 10.7. The van der Waals surface area contributed by atoms with Gasteiger partial charge in [-0.15, -0.1) is 0 Å². The molecule has 0 radical (unpaired) electrons. The number of hydrogen-bond acceptors (Lipinski definition) is 5. The number of nitrogens with one attached hydrogen (secondary N) is 1. The van der Waals surface area contributed by atoms with Crippen LogP contribution in [0.25, 0.3) is 22.3 Å². The quantitative estimate of drug-likeness (QED) is 0.683. The number of benzene rings is 1. The minimum absolute atomic E-state index is 0.0460. The largest absolute Gasteiger partial charge is 0.508 e. The molecule has 2 aliphatic rings. The SMILES string of the molecule is Cc1n[nH]c2nc(-c3ccc(O)cc3)cc(C(=O)N3CC4CCCCN4CC3C)c12. The predicted octanol–water partition coefficient (Wildman–Crippen LogP) is 3.34. The molecule has 1 amide bonds. The Morgan fingerprint density at radius 3 is 2.80 bits per heavy atom. The highest BCUT2D eigenvalue weighted by molar-refractivity contribution is 6.07. The van der Waals surface area contributed by atoms with Crippen LogP contribution in [0, 0.1) is 6.92 Å². The van der Waals surface area contributed by atoms with Gasteiger partial charge in [-0.25, -0.2) is 4.98 Å². The lowest BCUT2D eigenvalue weighted by molar-refractivity contribution is 0.0153. The number of pyridine rings is 1. The molecule has 4 heterocycles. The van der Waals surface area contributed by atoms with Gasteiger partial charge in [0.05, 0.1) is 22.3 Å². The predicted molar refractivity (Wildman–Crippen MR) is 115 cm³/mol. The zero-order valence-electron chi connectivity index (χ0n) is 17.4. The number of rotatable bonds is 2. The zero-order valence-corrected chi connectivity index (χ0v) is 17.4. The highest BCUT2D eigenvalue weighted by Gasteiger charge is 2.36. The standard InChI is InChI=1S/C23H27N5O2/c1-14-12-27-10-4-3-5-17(27)13-28(14)23(30)19-11-20(16-6-8-18(29)9-7-16)24-22-21(19)15(2)25-26-22/h6-9,11,14,17,29H,3-5,10,12-13H2,1-2H3,(H,24,25,26). The smallest absolute Gasteiger partial charge is 0.255 e. The average molecular weight is 406 g/mol. The van der Waals surface area contributed by atoms with Gasteiger partial charge in [-0.3, -0.25) is 14.8 Å². The number of nitrogens with zero attached hydrogens (tertiary/aromatic N) is 4. The summed E-state index contributed by atoms with van der Waals surface area (Å²) in [6.45, 7) is 6.89. The van der Waals surface area contributed by atoms with E-state index in [9.17, 15) is 9.90 Å². The maximum absolute atomic E-state index is 13.8. The zero-order chi connectivity index (χ0) is 20.8. The van der Waals surface area contributed by atoms with Gasteiger partial charge in [-0.2, -0.15) is 5.10 Å². The number of aromatic hydroxyl groups is 1. The van der Waals surface area contributed by atoms with Crippen LogP contribution in [0.4, 0.5) is 0 Å². The average Bonchev–Trinajstić information content (AvgIpc) is 3.13. The van der Waals surface area contributed by atoms with E-state index in [1.165, 1.54) is 12.8 Å². The number of aromatic nitrogens is 3. The van der Waals surface area contributed by atoms with Gasteiger partial charge in [0.15, 0.2) is 5.65 Å². The Labute approximate surface area is 175 Å². The first-order chi connectivity index (χ1) is 14.5. The summed E-state index contributed by atoms with van der Waals surface area (Å²) in [7, 11) is 0. The van der Waals surface area contributed by atoms with E-state index in [4.69, 9.17) is 4.98 Å². The number of aryl methyl sites for hydroxylation is 1. The Balaban J connectivity index is 1.56. The third kappa shape index (κ3) is 3.23. The second-order valence-corrected chi connectivity index (χ2v) is 8.59. The van der Waals surface area contributed by atoms with Crippen LogP contribution in [0.2, 0.25) is 0 Å². The minimum atomic E-state index is 0.0460. The van der Waals surface area contributed by atoms with Gasteiger partial charge in [0.1, 0.15) is 5.75 Å². The van der Waals surface area contributed by atoms with E-state index in [1.54, 1.807) is 12.1 Å². The van der Waals surface area contributed by atoms with E-state index < -0.39 is 0 Å². The lowest BCUT2D eigenvalue weighted by Gasteiger charge is -2.47. The molecule has 2 aromatic heterocycles. The third-order valence-electron chi connectivity index (χ3n) is 6.55. The summed E-state index contributed by atoms with van der Waals surface area (Å²) < 4.78 is 0. The van der Waals surface area contributed by atoms with Crippen LogP contribution in [-0.4, -0.2) is 67.7 Å². The van der Waals surface area contributed by atoms with E-state index in [2.05, 4.69) is 22.0 Å². The lowest BCUT2D eigenvalue weighted by atomic mass is 9.96. The molecule has 2 fully saturated rings. The van der Waals surface area contributed by atoms with Crippen molar-refractivity contribution >= 4 is 16.9 Å². The van der Waals surface area contributed by atoms with Crippen molar-refractivity contribution in [3.05, 3.63) is 41.6 Å². The molecule has 0 bridgehead atoms. The number of piperidine rings is 1. The Bertz CT molecular complexity index is 1090. The summed E-state index contributed by atoms with van der Waals surface area (Å²) in [5, 5.41) is 17.7. The van der Waals surface area contributed by atoms with Gasteiger partial charge in [-0.05, 0) is 63.6 Å². The van der Waals surface area contributed by atoms with Gasteiger partial charge in [-0.1, -0.05) is 6.42 Å².